The largest absolute Gasteiger partial charge is 0.378 e. The number of carbonyl (C=O) groups is 2. The third-order valence-corrected chi connectivity index (χ3v) is 6.75. The van der Waals surface area contributed by atoms with E-state index in [-0.39, 0.29) is 27.8 Å². The Morgan fingerprint density at radius 1 is 1.15 bits per heavy atom. The highest BCUT2D eigenvalue weighted by molar-refractivity contribution is 8.18. The topological polar surface area (TPSA) is 97.9 Å². The fourth-order valence-corrected chi connectivity index (χ4v) is 5.22. The van der Waals surface area contributed by atoms with Gasteiger partial charge in [-0.1, -0.05) is 0 Å². The Morgan fingerprint density at radius 3 is 2.45 bits per heavy atom. The van der Waals surface area contributed by atoms with Crippen molar-refractivity contribution in [1.82, 2.24) is 9.47 Å². The van der Waals surface area contributed by atoms with Crippen LogP contribution in [0.25, 0.3) is 11.8 Å². The SMILES string of the molecule is Cc1cc(/C=C2\SC(=O)N(C(C)C)C2=O)c(C)n1-c1ccc(N2CCOCC2)c([N+](=O)[O-])c1. The number of hydrogen-bond acceptors (Lipinski definition) is 7. The van der Waals surface area contributed by atoms with E-state index in [2.05, 4.69) is 0 Å². The lowest BCUT2D eigenvalue weighted by molar-refractivity contribution is -0.384. The maximum absolute atomic E-state index is 12.7. The maximum atomic E-state index is 12.7. The molecule has 2 fully saturated rings. The summed E-state index contributed by atoms with van der Waals surface area (Å²) in [6.07, 6.45) is 1.72. The average Bonchev–Trinajstić information content (AvgIpc) is 3.22. The molecule has 2 aliphatic heterocycles. The second-order valence-electron chi connectivity index (χ2n) is 8.34. The van der Waals surface area contributed by atoms with Crippen LogP contribution in [-0.2, 0) is 9.53 Å². The summed E-state index contributed by atoms with van der Waals surface area (Å²) in [6, 6.07) is 6.95. The highest BCUT2D eigenvalue weighted by Crippen LogP contribution is 2.36. The Morgan fingerprint density at radius 2 is 1.85 bits per heavy atom. The molecular weight excluding hydrogens is 444 g/mol. The van der Waals surface area contributed by atoms with E-state index in [0.717, 1.165) is 28.7 Å². The number of amides is 2. The summed E-state index contributed by atoms with van der Waals surface area (Å²) < 4.78 is 7.29. The van der Waals surface area contributed by atoms with Crippen LogP contribution in [0, 0.1) is 24.0 Å². The number of nitrogens with zero attached hydrogens (tertiary/aromatic N) is 4. The Labute approximate surface area is 196 Å². The van der Waals surface area contributed by atoms with Crippen molar-refractivity contribution in [3.63, 3.8) is 0 Å². The lowest BCUT2D eigenvalue weighted by Gasteiger charge is -2.28. The molecule has 3 heterocycles. The van der Waals surface area contributed by atoms with Crippen LogP contribution >= 0.6 is 11.8 Å². The first kappa shape index (κ1) is 23.1. The predicted molar refractivity (Wildman–Crippen MR) is 128 cm³/mol. The van der Waals surface area contributed by atoms with Crippen molar-refractivity contribution in [2.75, 3.05) is 31.2 Å². The summed E-state index contributed by atoms with van der Waals surface area (Å²) in [6.45, 7) is 9.71. The third kappa shape index (κ3) is 4.28. The van der Waals surface area contributed by atoms with Gasteiger partial charge in [-0.15, -0.1) is 0 Å². The standard InChI is InChI=1S/C23H26N4O5S/c1-14(2)25-22(28)21(33-23(25)29)12-17-11-15(3)26(16(17)4)18-5-6-19(20(13-18)27(30)31)24-7-9-32-10-8-24/h5-6,11-14H,7-10H2,1-4H3/b21-12-. The number of carbonyl (C=O) groups excluding carboxylic acids is 2. The highest BCUT2D eigenvalue weighted by Gasteiger charge is 2.36. The fraction of sp³-hybridized carbons (Fsp3) is 0.391. The van der Waals surface area contributed by atoms with Gasteiger partial charge < -0.3 is 14.2 Å². The van der Waals surface area contributed by atoms with Crippen molar-refractivity contribution in [3.05, 3.63) is 56.2 Å². The van der Waals surface area contributed by atoms with Crippen LogP contribution in [0.2, 0.25) is 0 Å². The molecule has 2 amide bonds. The number of ether oxygens (including phenoxy) is 1. The van der Waals surface area contributed by atoms with Gasteiger partial charge in [-0.2, -0.15) is 0 Å². The molecule has 1 aromatic carbocycles. The van der Waals surface area contributed by atoms with Gasteiger partial charge in [0.1, 0.15) is 5.69 Å². The second kappa shape index (κ2) is 9.03. The number of rotatable bonds is 5. The zero-order valence-electron chi connectivity index (χ0n) is 19.0. The zero-order chi connectivity index (χ0) is 23.9. The third-order valence-electron chi connectivity index (χ3n) is 5.86. The van der Waals surface area contributed by atoms with Crippen LogP contribution < -0.4 is 4.90 Å². The molecule has 174 valence electrons. The van der Waals surface area contributed by atoms with E-state index in [9.17, 15) is 19.7 Å². The minimum atomic E-state index is -0.356. The average molecular weight is 471 g/mol. The Kier molecular flexibility index (Phi) is 6.31. The summed E-state index contributed by atoms with van der Waals surface area (Å²) in [4.78, 5) is 40.0. The highest BCUT2D eigenvalue weighted by atomic mass is 32.2. The van der Waals surface area contributed by atoms with Crippen LogP contribution in [0.1, 0.15) is 30.8 Å². The van der Waals surface area contributed by atoms with Gasteiger partial charge in [-0.05, 0) is 69.3 Å². The number of aromatic nitrogens is 1. The summed E-state index contributed by atoms with van der Waals surface area (Å²) in [7, 11) is 0. The molecule has 9 nitrogen and oxygen atoms in total. The molecule has 0 N–H and O–H groups in total. The fourth-order valence-electron chi connectivity index (χ4n) is 4.27. The van der Waals surface area contributed by atoms with E-state index in [1.807, 2.05) is 35.4 Å². The monoisotopic (exact) mass is 470 g/mol. The molecule has 4 rings (SSSR count). The number of thioether (sulfide) groups is 1. The van der Waals surface area contributed by atoms with Crippen LogP contribution in [0.4, 0.5) is 16.2 Å². The number of anilines is 1. The molecule has 0 saturated carbocycles. The molecule has 0 aliphatic carbocycles. The van der Waals surface area contributed by atoms with Gasteiger partial charge in [0.05, 0.1) is 28.7 Å². The second-order valence-corrected chi connectivity index (χ2v) is 9.33. The molecule has 0 spiro atoms. The Balaban J connectivity index is 1.71. The van der Waals surface area contributed by atoms with Gasteiger partial charge in [0.2, 0.25) is 0 Å². The van der Waals surface area contributed by atoms with Crippen LogP contribution in [0.5, 0.6) is 0 Å². The molecule has 1 aromatic heterocycles. The van der Waals surface area contributed by atoms with E-state index in [1.165, 1.54) is 4.90 Å². The minimum Gasteiger partial charge on any atom is -0.378 e. The quantitative estimate of drug-likeness (QED) is 0.365. The van der Waals surface area contributed by atoms with Crippen molar-refractivity contribution in [2.24, 2.45) is 0 Å². The number of morpholine rings is 1. The molecule has 0 unspecified atom stereocenters. The van der Waals surface area contributed by atoms with Crippen molar-refractivity contribution in [1.29, 1.82) is 0 Å². The van der Waals surface area contributed by atoms with Gasteiger partial charge >= 0.3 is 0 Å². The lowest BCUT2D eigenvalue weighted by Crippen LogP contribution is -2.36. The van der Waals surface area contributed by atoms with Gasteiger partial charge in [0.25, 0.3) is 16.8 Å². The Hall–Kier alpha value is -3.11. The predicted octanol–water partition coefficient (Wildman–Crippen LogP) is 4.28. The first-order chi connectivity index (χ1) is 15.7. The summed E-state index contributed by atoms with van der Waals surface area (Å²) >= 11 is 0.933. The summed E-state index contributed by atoms with van der Waals surface area (Å²) in [5.41, 5.74) is 3.79. The zero-order valence-corrected chi connectivity index (χ0v) is 19.8. The van der Waals surface area contributed by atoms with Gasteiger partial charge in [-0.25, -0.2) is 0 Å². The van der Waals surface area contributed by atoms with E-state index in [4.69, 9.17) is 4.74 Å². The maximum Gasteiger partial charge on any atom is 0.294 e. The van der Waals surface area contributed by atoms with Crippen LogP contribution in [-0.4, -0.2) is 57.9 Å². The molecular formula is C23H26N4O5S. The summed E-state index contributed by atoms with van der Waals surface area (Å²) in [5.74, 6) is -0.296. The van der Waals surface area contributed by atoms with Crippen molar-refractivity contribution >= 4 is 40.4 Å². The summed E-state index contributed by atoms with van der Waals surface area (Å²) in [5, 5.41) is 11.6. The molecule has 0 radical (unpaired) electrons. The molecule has 33 heavy (non-hydrogen) atoms. The van der Waals surface area contributed by atoms with Gasteiger partial charge in [-0.3, -0.25) is 24.6 Å². The molecule has 10 heteroatoms. The Bertz CT molecular complexity index is 1160. The van der Waals surface area contributed by atoms with Gasteiger partial charge in [0.15, 0.2) is 0 Å². The smallest absolute Gasteiger partial charge is 0.294 e. The normalized spacial score (nSPS) is 18.2. The van der Waals surface area contributed by atoms with Crippen molar-refractivity contribution < 1.29 is 19.2 Å². The lowest BCUT2D eigenvalue weighted by atomic mass is 10.2. The molecule has 0 atom stereocenters. The molecule has 2 aromatic rings. The van der Waals surface area contributed by atoms with Gasteiger partial charge in [0, 0.05) is 36.6 Å². The van der Waals surface area contributed by atoms with Crippen molar-refractivity contribution in [3.8, 4) is 5.69 Å². The molecule has 0 bridgehead atoms. The first-order valence-electron chi connectivity index (χ1n) is 10.8. The minimum absolute atomic E-state index is 0.0431. The number of aryl methyl sites for hydroxylation is 1. The molecule has 2 saturated heterocycles. The first-order valence-corrected chi connectivity index (χ1v) is 11.6. The van der Waals surface area contributed by atoms with Crippen molar-refractivity contribution in [2.45, 2.75) is 33.7 Å². The van der Waals surface area contributed by atoms with E-state index >= 15 is 0 Å². The van der Waals surface area contributed by atoms with Crippen LogP contribution in [0.3, 0.4) is 0 Å². The number of nitro benzene ring substituents is 1. The molecule has 2 aliphatic rings. The van der Waals surface area contributed by atoms with E-state index in [0.29, 0.717) is 42.6 Å². The number of benzene rings is 1. The van der Waals surface area contributed by atoms with E-state index < -0.39 is 0 Å². The van der Waals surface area contributed by atoms with E-state index in [1.54, 1.807) is 32.1 Å². The number of hydrogen-bond donors (Lipinski definition) is 0. The number of imide groups is 1. The van der Waals surface area contributed by atoms with Crippen LogP contribution in [0.15, 0.2) is 29.2 Å². The number of nitro groups is 1.